The van der Waals surface area contributed by atoms with Gasteiger partial charge in [-0.15, -0.1) is 0 Å². The lowest BCUT2D eigenvalue weighted by Crippen LogP contribution is -2.27. The maximum atomic E-state index is 14.5. The van der Waals surface area contributed by atoms with Crippen molar-refractivity contribution in [3.05, 3.63) is 40.7 Å². The maximum absolute atomic E-state index is 14.5. The van der Waals surface area contributed by atoms with Crippen LogP contribution in [0.3, 0.4) is 0 Å². The van der Waals surface area contributed by atoms with E-state index < -0.39 is 5.82 Å². The lowest BCUT2D eigenvalue weighted by molar-refractivity contribution is 0.0697. The number of methoxy groups -OCH3 is 1. The second-order valence-corrected chi connectivity index (χ2v) is 6.02. The van der Waals surface area contributed by atoms with Gasteiger partial charge in [0.05, 0.1) is 12.6 Å². The number of hydrogen-bond donors (Lipinski definition) is 2. The normalized spacial score (nSPS) is 15.3. The molecule has 4 rings (SSSR count). The number of halogens is 1. The molecular weight excluding hydrogens is 341 g/mol. The lowest BCUT2D eigenvalue weighted by Gasteiger charge is -2.23. The summed E-state index contributed by atoms with van der Waals surface area (Å²) in [6.45, 7) is 1.17. The third-order valence-corrected chi connectivity index (χ3v) is 4.42. The van der Waals surface area contributed by atoms with Crippen LogP contribution in [0.25, 0.3) is 11.2 Å². The SMILES string of the molecule is COc1ncccc1Nc1nc2c(cc1F)[nH]c(=O)n2C1CCOCC1. The lowest BCUT2D eigenvalue weighted by atomic mass is 10.1. The van der Waals surface area contributed by atoms with E-state index in [-0.39, 0.29) is 17.5 Å². The fraction of sp³-hybridized carbons (Fsp3) is 0.353. The Hall–Kier alpha value is -2.94. The van der Waals surface area contributed by atoms with Crippen LogP contribution >= 0.6 is 0 Å². The highest BCUT2D eigenvalue weighted by molar-refractivity contribution is 5.75. The molecule has 9 heteroatoms. The minimum atomic E-state index is -0.580. The van der Waals surface area contributed by atoms with Crippen molar-refractivity contribution in [1.29, 1.82) is 0 Å². The first-order valence-corrected chi connectivity index (χ1v) is 8.32. The predicted octanol–water partition coefficient (Wildman–Crippen LogP) is 2.36. The monoisotopic (exact) mass is 359 g/mol. The number of aromatic amines is 1. The number of aromatic nitrogens is 4. The minimum absolute atomic E-state index is 0.00334. The zero-order valence-corrected chi connectivity index (χ0v) is 14.2. The fourth-order valence-corrected chi connectivity index (χ4v) is 3.17. The zero-order valence-electron chi connectivity index (χ0n) is 14.2. The quantitative estimate of drug-likeness (QED) is 0.743. The van der Waals surface area contributed by atoms with E-state index in [0.29, 0.717) is 48.8 Å². The Morgan fingerprint density at radius 3 is 3.00 bits per heavy atom. The van der Waals surface area contributed by atoms with Gasteiger partial charge in [-0.25, -0.2) is 19.2 Å². The molecule has 0 unspecified atom stereocenters. The largest absolute Gasteiger partial charge is 0.480 e. The number of H-pyrrole nitrogens is 1. The Morgan fingerprint density at radius 1 is 1.42 bits per heavy atom. The molecule has 0 spiro atoms. The Kier molecular flexibility index (Phi) is 4.29. The molecule has 0 atom stereocenters. The summed E-state index contributed by atoms with van der Waals surface area (Å²) >= 11 is 0. The molecule has 3 aromatic rings. The maximum Gasteiger partial charge on any atom is 0.327 e. The molecule has 0 amide bonds. The van der Waals surface area contributed by atoms with Gasteiger partial charge in [0.15, 0.2) is 17.3 Å². The molecule has 1 saturated heterocycles. The van der Waals surface area contributed by atoms with Crippen LogP contribution < -0.4 is 15.7 Å². The number of anilines is 2. The van der Waals surface area contributed by atoms with Crippen LogP contribution in [0.1, 0.15) is 18.9 Å². The molecule has 8 nitrogen and oxygen atoms in total. The van der Waals surface area contributed by atoms with Gasteiger partial charge < -0.3 is 19.8 Å². The van der Waals surface area contributed by atoms with Crippen molar-refractivity contribution in [2.45, 2.75) is 18.9 Å². The average molecular weight is 359 g/mol. The average Bonchev–Trinajstić information content (AvgIpc) is 2.97. The van der Waals surface area contributed by atoms with Crippen LogP contribution in [0.4, 0.5) is 15.9 Å². The predicted molar refractivity (Wildman–Crippen MR) is 93.5 cm³/mol. The van der Waals surface area contributed by atoms with Crippen molar-refractivity contribution in [3.8, 4) is 5.88 Å². The van der Waals surface area contributed by atoms with E-state index in [4.69, 9.17) is 9.47 Å². The van der Waals surface area contributed by atoms with Gasteiger partial charge in [-0.05, 0) is 25.0 Å². The highest BCUT2D eigenvalue weighted by Crippen LogP contribution is 2.28. The molecule has 0 aliphatic carbocycles. The molecule has 4 heterocycles. The minimum Gasteiger partial charge on any atom is -0.480 e. The molecule has 0 radical (unpaired) electrons. The van der Waals surface area contributed by atoms with Gasteiger partial charge in [-0.3, -0.25) is 4.57 Å². The number of imidazole rings is 1. The number of nitrogens with zero attached hydrogens (tertiary/aromatic N) is 3. The van der Waals surface area contributed by atoms with Crippen LogP contribution in [0, 0.1) is 5.82 Å². The van der Waals surface area contributed by atoms with E-state index in [0.717, 1.165) is 0 Å². The summed E-state index contributed by atoms with van der Waals surface area (Å²) in [6.07, 6.45) is 3.00. The first kappa shape index (κ1) is 16.5. The van der Waals surface area contributed by atoms with E-state index in [1.165, 1.54) is 13.2 Å². The molecule has 3 aromatic heterocycles. The molecule has 2 N–H and O–H groups in total. The third-order valence-electron chi connectivity index (χ3n) is 4.42. The molecular formula is C17H18FN5O3. The van der Waals surface area contributed by atoms with Gasteiger partial charge in [0.25, 0.3) is 0 Å². The highest BCUT2D eigenvalue weighted by Gasteiger charge is 2.22. The van der Waals surface area contributed by atoms with Gasteiger partial charge in [-0.2, -0.15) is 0 Å². The molecule has 0 aromatic carbocycles. The molecule has 0 saturated carbocycles. The summed E-state index contributed by atoms with van der Waals surface area (Å²) in [4.78, 5) is 23.5. The topological polar surface area (TPSA) is 94.1 Å². The van der Waals surface area contributed by atoms with E-state index in [9.17, 15) is 9.18 Å². The van der Waals surface area contributed by atoms with Crippen molar-refractivity contribution in [3.63, 3.8) is 0 Å². The molecule has 26 heavy (non-hydrogen) atoms. The fourth-order valence-electron chi connectivity index (χ4n) is 3.17. The summed E-state index contributed by atoms with van der Waals surface area (Å²) in [5.41, 5.74) is 0.961. The van der Waals surface area contributed by atoms with Crippen molar-refractivity contribution >= 4 is 22.7 Å². The van der Waals surface area contributed by atoms with Crippen LogP contribution in [-0.2, 0) is 4.74 Å². The number of rotatable bonds is 4. The standard InChI is InChI=1S/C17H18FN5O3/c1-25-16-12(3-2-6-19-16)20-14-11(18)9-13-15(22-14)23(17(24)21-13)10-4-7-26-8-5-10/h2-3,6,9-10H,4-5,7-8H2,1H3,(H,20,22)(H,21,24). The van der Waals surface area contributed by atoms with E-state index >= 15 is 0 Å². The smallest absolute Gasteiger partial charge is 0.327 e. The summed E-state index contributed by atoms with van der Waals surface area (Å²) in [7, 11) is 1.48. The number of fused-ring (bicyclic) bond motifs is 1. The van der Waals surface area contributed by atoms with Crippen molar-refractivity contribution < 1.29 is 13.9 Å². The summed E-state index contributed by atoms with van der Waals surface area (Å²) in [6, 6.07) is 4.66. The summed E-state index contributed by atoms with van der Waals surface area (Å²) in [5, 5.41) is 2.90. The molecule has 1 aliphatic rings. The summed E-state index contributed by atoms with van der Waals surface area (Å²) < 4.78 is 26.6. The molecule has 1 aliphatic heterocycles. The van der Waals surface area contributed by atoms with Crippen LogP contribution in [0.5, 0.6) is 5.88 Å². The number of ether oxygens (including phenoxy) is 2. The molecule has 0 bridgehead atoms. The highest BCUT2D eigenvalue weighted by atomic mass is 19.1. The number of hydrogen-bond acceptors (Lipinski definition) is 6. The van der Waals surface area contributed by atoms with E-state index in [2.05, 4.69) is 20.3 Å². The number of pyridine rings is 2. The Balaban J connectivity index is 1.78. The number of nitrogens with one attached hydrogen (secondary N) is 2. The van der Waals surface area contributed by atoms with Crippen molar-refractivity contribution in [2.24, 2.45) is 0 Å². The van der Waals surface area contributed by atoms with Crippen LogP contribution in [-0.4, -0.2) is 39.8 Å². The third kappa shape index (κ3) is 2.90. The Labute approximate surface area is 148 Å². The van der Waals surface area contributed by atoms with Crippen LogP contribution in [0.2, 0.25) is 0 Å². The second-order valence-electron chi connectivity index (χ2n) is 6.02. The first-order valence-electron chi connectivity index (χ1n) is 8.32. The first-order chi connectivity index (χ1) is 12.7. The van der Waals surface area contributed by atoms with E-state index in [1.54, 1.807) is 22.9 Å². The van der Waals surface area contributed by atoms with Gasteiger partial charge >= 0.3 is 5.69 Å². The van der Waals surface area contributed by atoms with Gasteiger partial charge in [-0.1, -0.05) is 0 Å². The summed E-state index contributed by atoms with van der Waals surface area (Å²) in [5.74, 6) is -0.253. The van der Waals surface area contributed by atoms with E-state index in [1.807, 2.05) is 0 Å². The van der Waals surface area contributed by atoms with Gasteiger partial charge in [0.2, 0.25) is 5.88 Å². The van der Waals surface area contributed by atoms with Gasteiger partial charge in [0.1, 0.15) is 5.69 Å². The Bertz CT molecular complexity index is 994. The Morgan fingerprint density at radius 2 is 2.23 bits per heavy atom. The van der Waals surface area contributed by atoms with Crippen LogP contribution in [0.15, 0.2) is 29.2 Å². The van der Waals surface area contributed by atoms with Crippen molar-refractivity contribution in [1.82, 2.24) is 19.5 Å². The zero-order chi connectivity index (χ0) is 18.1. The van der Waals surface area contributed by atoms with Gasteiger partial charge in [0, 0.05) is 31.5 Å². The molecule has 136 valence electrons. The molecule has 1 fully saturated rings. The second kappa shape index (κ2) is 6.75. The van der Waals surface area contributed by atoms with Crippen molar-refractivity contribution in [2.75, 3.05) is 25.6 Å².